The standard InChI is InChI=1S/C17H15ClFN5O/c1-2-25-15-6-4-3-5-14(15)22-16-10-20-24-17(23-16)21-11-7-8-13(19)12(18)9-11/h3-10H,2H2,1H3,(H2,21,22,23,24). The normalized spacial score (nSPS) is 10.4. The number of halogens is 2. The summed E-state index contributed by atoms with van der Waals surface area (Å²) in [6.07, 6.45) is 1.49. The van der Waals surface area contributed by atoms with E-state index in [1.807, 2.05) is 31.2 Å². The fourth-order valence-corrected chi connectivity index (χ4v) is 2.29. The third-order valence-corrected chi connectivity index (χ3v) is 3.47. The number of benzene rings is 2. The summed E-state index contributed by atoms with van der Waals surface area (Å²) in [7, 11) is 0. The first-order valence-corrected chi connectivity index (χ1v) is 7.94. The van der Waals surface area contributed by atoms with E-state index in [9.17, 15) is 4.39 Å². The van der Waals surface area contributed by atoms with Crippen molar-refractivity contribution in [3.63, 3.8) is 0 Å². The van der Waals surface area contributed by atoms with Crippen LogP contribution in [0.1, 0.15) is 6.92 Å². The first-order valence-electron chi connectivity index (χ1n) is 7.56. The maximum atomic E-state index is 13.2. The highest BCUT2D eigenvalue weighted by Gasteiger charge is 2.07. The lowest BCUT2D eigenvalue weighted by Gasteiger charge is -2.12. The van der Waals surface area contributed by atoms with E-state index in [0.29, 0.717) is 23.9 Å². The van der Waals surface area contributed by atoms with Crippen LogP contribution in [-0.4, -0.2) is 21.8 Å². The first kappa shape index (κ1) is 16.9. The van der Waals surface area contributed by atoms with Gasteiger partial charge in [-0.3, -0.25) is 0 Å². The Kier molecular flexibility index (Phi) is 5.25. The average molecular weight is 360 g/mol. The maximum Gasteiger partial charge on any atom is 0.249 e. The van der Waals surface area contributed by atoms with Gasteiger partial charge in [-0.25, -0.2) is 4.39 Å². The van der Waals surface area contributed by atoms with E-state index in [0.717, 1.165) is 5.69 Å². The van der Waals surface area contributed by atoms with Crippen molar-refractivity contribution in [1.29, 1.82) is 0 Å². The summed E-state index contributed by atoms with van der Waals surface area (Å²) in [4.78, 5) is 4.33. The molecule has 0 spiro atoms. The quantitative estimate of drug-likeness (QED) is 0.672. The molecule has 25 heavy (non-hydrogen) atoms. The molecule has 128 valence electrons. The molecule has 0 aliphatic heterocycles. The summed E-state index contributed by atoms with van der Waals surface area (Å²) in [5.74, 6) is 0.956. The molecule has 1 aromatic heterocycles. The molecule has 6 nitrogen and oxygen atoms in total. The molecule has 2 aromatic carbocycles. The van der Waals surface area contributed by atoms with Gasteiger partial charge in [0.05, 0.1) is 23.5 Å². The third-order valence-electron chi connectivity index (χ3n) is 3.18. The van der Waals surface area contributed by atoms with Crippen LogP contribution in [0, 0.1) is 5.82 Å². The van der Waals surface area contributed by atoms with E-state index in [1.54, 1.807) is 0 Å². The molecule has 3 aromatic rings. The van der Waals surface area contributed by atoms with E-state index in [1.165, 1.54) is 24.4 Å². The zero-order chi connectivity index (χ0) is 17.6. The largest absolute Gasteiger partial charge is 0.492 e. The van der Waals surface area contributed by atoms with Crippen LogP contribution < -0.4 is 15.4 Å². The van der Waals surface area contributed by atoms with Gasteiger partial charge < -0.3 is 15.4 Å². The van der Waals surface area contributed by atoms with Gasteiger partial charge in [-0.1, -0.05) is 23.7 Å². The summed E-state index contributed by atoms with van der Waals surface area (Å²) in [5.41, 5.74) is 1.32. The molecule has 0 amide bonds. The van der Waals surface area contributed by atoms with Crippen molar-refractivity contribution < 1.29 is 9.13 Å². The van der Waals surface area contributed by atoms with Crippen molar-refractivity contribution in [3.05, 3.63) is 59.5 Å². The molecule has 0 fully saturated rings. The van der Waals surface area contributed by atoms with Crippen LogP contribution in [0.25, 0.3) is 0 Å². The molecule has 8 heteroatoms. The van der Waals surface area contributed by atoms with Crippen molar-refractivity contribution in [2.45, 2.75) is 6.92 Å². The molecule has 0 unspecified atom stereocenters. The Morgan fingerprint density at radius 2 is 2.00 bits per heavy atom. The topological polar surface area (TPSA) is 72.0 Å². The molecule has 0 saturated heterocycles. The molecule has 0 atom stereocenters. The number of ether oxygens (including phenoxy) is 1. The van der Waals surface area contributed by atoms with Gasteiger partial charge in [-0.05, 0) is 37.3 Å². The average Bonchev–Trinajstić information content (AvgIpc) is 2.61. The highest BCUT2D eigenvalue weighted by atomic mass is 35.5. The van der Waals surface area contributed by atoms with E-state index in [-0.39, 0.29) is 11.0 Å². The van der Waals surface area contributed by atoms with E-state index in [2.05, 4.69) is 25.8 Å². The Labute approximate surface area is 149 Å². The minimum atomic E-state index is -0.491. The van der Waals surface area contributed by atoms with Crippen molar-refractivity contribution >= 4 is 34.7 Å². The van der Waals surface area contributed by atoms with Crippen LogP contribution in [0.4, 0.5) is 27.5 Å². The second-order valence-corrected chi connectivity index (χ2v) is 5.38. The lowest BCUT2D eigenvalue weighted by Crippen LogP contribution is -2.03. The number of hydrogen-bond acceptors (Lipinski definition) is 6. The molecule has 0 aliphatic rings. The second kappa shape index (κ2) is 7.76. The minimum Gasteiger partial charge on any atom is -0.492 e. The van der Waals surface area contributed by atoms with Crippen molar-refractivity contribution in [2.75, 3.05) is 17.2 Å². The number of rotatable bonds is 6. The van der Waals surface area contributed by atoms with Gasteiger partial charge in [0.2, 0.25) is 5.95 Å². The van der Waals surface area contributed by atoms with E-state index < -0.39 is 5.82 Å². The van der Waals surface area contributed by atoms with E-state index in [4.69, 9.17) is 16.3 Å². The second-order valence-electron chi connectivity index (χ2n) is 4.97. The maximum absolute atomic E-state index is 13.2. The summed E-state index contributed by atoms with van der Waals surface area (Å²) >= 11 is 5.77. The lowest BCUT2D eigenvalue weighted by atomic mass is 10.3. The molecule has 0 saturated carbocycles. The van der Waals surface area contributed by atoms with Crippen LogP contribution in [0.15, 0.2) is 48.7 Å². The Hall–Kier alpha value is -2.93. The fourth-order valence-electron chi connectivity index (χ4n) is 2.11. The fraction of sp³-hybridized carbons (Fsp3) is 0.118. The Balaban J connectivity index is 1.78. The highest BCUT2D eigenvalue weighted by molar-refractivity contribution is 6.31. The number of anilines is 4. The summed E-state index contributed by atoms with van der Waals surface area (Å²) < 4.78 is 18.8. The van der Waals surface area contributed by atoms with Gasteiger partial charge in [-0.15, -0.1) is 5.10 Å². The van der Waals surface area contributed by atoms with Gasteiger partial charge in [0.1, 0.15) is 11.6 Å². The van der Waals surface area contributed by atoms with Gasteiger partial charge in [0.25, 0.3) is 0 Å². The minimum absolute atomic E-state index is 0.0119. The number of para-hydroxylation sites is 2. The number of nitrogens with zero attached hydrogens (tertiary/aromatic N) is 3. The van der Waals surface area contributed by atoms with Gasteiger partial charge in [-0.2, -0.15) is 10.1 Å². The molecule has 2 N–H and O–H groups in total. The summed E-state index contributed by atoms with van der Waals surface area (Å²) in [6, 6.07) is 11.8. The molecule has 0 radical (unpaired) electrons. The van der Waals surface area contributed by atoms with Crippen LogP contribution in [-0.2, 0) is 0 Å². The Morgan fingerprint density at radius 3 is 2.80 bits per heavy atom. The molecule has 1 heterocycles. The van der Waals surface area contributed by atoms with Crippen molar-refractivity contribution in [3.8, 4) is 5.75 Å². The Morgan fingerprint density at radius 1 is 1.16 bits per heavy atom. The van der Waals surface area contributed by atoms with Crippen molar-refractivity contribution in [2.24, 2.45) is 0 Å². The van der Waals surface area contributed by atoms with Crippen LogP contribution >= 0.6 is 11.6 Å². The summed E-state index contributed by atoms with van der Waals surface area (Å²) in [5, 5.41) is 13.9. The highest BCUT2D eigenvalue weighted by Crippen LogP contribution is 2.27. The predicted octanol–water partition coefficient (Wildman–Crippen LogP) is 4.55. The Bertz CT molecular complexity index is 877. The van der Waals surface area contributed by atoms with Gasteiger partial charge in [0.15, 0.2) is 5.82 Å². The molecular weight excluding hydrogens is 345 g/mol. The van der Waals surface area contributed by atoms with Crippen LogP contribution in [0.5, 0.6) is 5.75 Å². The molecule has 0 bridgehead atoms. The van der Waals surface area contributed by atoms with Crippen molar-refractivity contribution in [1.82, 2.24) is 15.2 Å². The third kappa shape index (κ3) is 4.33. The predicted molar refractivity (Wildman–Crippen MR) is 95.4 cm³/mol. The van der Waals surface area contributed by atoms with Crippen LogP contribution in [0.2, 0.25) is 5.02 Å². The number of nitrogens with one attached hydrogen (secondary N) is 2. The van der Waals surface area contributed by atoms with Crippen LogP contribution in [0.3, 0.4) is 0 Å². The zero-order valence-corrected chi connectivity index (χ0v) is 14.1. The van der Waals surface area contributed by atoms with Gasteiger partial charge >= 0.3 is 0 Å². The number of hydrogen-bond donors (Lipinski definition) is 2. The number of aromatic nitrogens is 3. The molecular formula is C17H15ClFN5O. The lowest BCUT2D eigenvalue weighted by molar-refractivity contribution is 0.342. The first-order chi connectivity index (χ1) is 12.2. The van der Waals surface area contributed by atoms with E-state index >= 15 is 0 Å². The van der Waals surface area contributed by atoms with Gasteiger partial charge in [0, 0.05) is 5.69 Å². The molecule has 3 rings (SSSR count). The monoisotopic (exact) mass is 359 g/mol. The smallest absolute Gasteiger partial charge is 0.249 e. The SMILES string of the molecule is CCOc1ccccc1Nc1cnnc(Nc2ccc(F)c(Cl)c2)n1. The molecule has 0 aliphatic carbocycles. The summed E-state index contributed by atoms with van der Waals surface area (Å²) in [6.45, 7) is 2.47. The zero-order valence-electron chi connectivity index (χ0n) is 13.3.